The van der Waals surface area contributed by atoms with Gasteiger partial charge in [-0.25, -0.2) is 4.79 Å². The Morgan fingerprint density at radius 2 is 0.667 bits per heavy atom. The monoisotopic (exact) mass is 428 g/mol. The highest BCUT2D eigenvalue weighted by Crippen LogP contribution is 2.31. The van der Waals surface area contributed by atoms with Crippen LogP contribution in [0.4, 0.5) is 4.79 Å². The van der Waals surface area contributed by atoms with Crippen molar-refractivity contribution in [3.63, 3.8) is 0 Å². The van der Waals surface area contributed by atoms with E-state index < -0.39 is 16.1 Å². The van der Waals surface area contributed by atoms with Gasteiger partial charge >= 0.3 is 6.03 Å². The molecule has 0 radical (unpaired) electrons. The first-order chi connectivity index (χ1) is 14.8. The van der Waals surface area contributed by atoms with E-state index in [1.165, 1.54) is 0 Å². The summed E-state index contributed by atoms with van der Waals surface area (Å²) in [5.74, 6) is 0. The third-order valence-corrected chi connectivity index (χ3v) is 8.60. The summed E-state index contributed by atoms with van der Waals surface area (Å²) >= 11 is 0. The Bertz CT molecular complexity index is 895. The molecule has 0 bridgehead atoms. The average molecular weight is 428 g/mol. The Kier molecular flexibility index (Phi) is 6.87. The lowest BCUT2D eigenvalue weighted by molar-refractivity contribution is 0.251. The highest BCUT2D eigenvalue weighted by atomic mass is 31.1. The molecule has 148 valence electrons. The molecule has 2 N–H and O–H groups in total. The molecule has 2 amide bonds. The lowest BCUT2D eigenvalue weighted by atomic mass is 10.4. The molecule has 4 aromatic rings. The van der Waals surface area contributed by atoms with Gasteiger partial charge in [0.05, 0.1) is 16.1 Å². The van der Waals surface area contributed by atoms with Gasteiger partial charge in [0.15, 0.2) is 0 Å². The van der Waals surface area contributed by atoms with Crippen LogP contribution >= 0.6 is 16.1 Å². The molecule has 0 aliphatic heterocycles. The van der Waals surface area contributed by atoms with Crippen LogP contribution < -0.4 is 31.4 Å². The molecule has 0 spiro atoms. The van der Waals surface area contributed by atoms with Gasteiger partial charge in [-0.1, -0.05) is 121 Å². The van der Waals surface area contributed by atoms with E-state index in [4.69, 9.17) is 0 Å². The Morgan fingerprint density at radius 1 is 0.433 bits per heavy atom. The molecular formula is C25H22N2OP2. The fourth-order valence-electron chi connectivity index (χ4n) is 3.09. The third kappa shape index (κ3) is 5.13. The molecule has 0 unspecified atom stereocenters. The summed E-state index contributed by atoms with van der Waals surface area (Å²) in [6, 6.07) is 40.4. The van der Waals surface area contributed by atoms with Crippen LogP contribution in [0.25, 0.3) is 0 Å². The zero-order valence-electron chi connectivity index (χ0n) is 16.3. The normalized spacial score (nSPS) is 10.7. The molecule has 0 aromatic heterocycles. The Morgan fingerprint density at radius 3 is 0.900 bits per heavy atom. The van der Waals surface area contributed by atoms with Gasteiger partial charge in [0.2, 0.25) is 0 Å². The van der Waals surface area contributed by atoms with Gasteiger partial charge in [-0.15, -0.1) is 0 Å². The second-order valence-electron chi connectivity index (χ2n) is 6.57. The summed E-state index contributed by atoms with van der Waals surface area (Å²) in [7, 11) is -2.02. The van der Waals surface area contributed by atoms with Gasteiger partial charge in [-0.2, -0.15) is 0 Å². The van der Waals surface area contributed by atoms with Crippen molar-refractivity contribution in [2.75, 3.05) is 0 Å². The molecule has 3 nitrogen and oxygen atoms in total. The quantitative estimate of drug-likeness (QED) is 0.440. The average Bonchev–Trinajstić information content (AvgIpc) is 2.83. The van der Waals surface area contributed by atoms with Crippen molar-refractivity contribution >= 4 is 43.4 Å². The topological polar surface area (TPSA) is 41.1 Å². The number of urea groups is 1. The number of carbonyl (C=O) groups excluding carboxylic acids is 1. The lowest BCUT2D eigenvalue weighted by Crippen LogP contribution is -2.37. The Hall–Kier alpha value is -2.99. The summed E-state index contributed by atoms with van der Waals surface area (Å²) in [4.78, 5) is 13.2. The highest BCUT2D eigenvalue weighted by Gasteiger charge is 2.21. The molecule has 0 heterocycles. The molecule has 30 heavy (non-hydrogen) atoms. The molecule has 0 saturated heterocycles. The minimum atomic E-state index is -1.01. The fraction of sp³-hybridized carbons (Fsp3) is 0. The van der Waals surface area contributed by atoms with Crippen LogP contribution in [0, 0.1) is 0 Å². The molecule has 0 aliphatic rings. The molecule has 0 aliphatic carbocycles. The molecular weight excluding hydrogens is 406 g/mol. The van der Waals surface area contributed by atoms with E-state index in [1.54, 1.807) is 0 Å². The van der Waals surface area contributed by atoms with Gasteiger partial charge in [0.1, 0.15) is 0 Å². The first-order valence-corrected chi connectivity index (χ1v) is 12.4. The maximum Gasteiger partial charge on any atom is 0.322 e. The van der Waals surface area contributed by atoms with Gasteiger partial charge in [-0.3, -0.25) is 0 Å². The number of benzene rings is 4. The summed E-state index contributed by atoms with van der Waals surface area (Å²) in [5.41, 5.74) is 0. The summed E-state index contributed by atoms with van der Waals surface area (Å²) in [6.07, 6.45) is 0. The van der Waals surface area contributed by atoms with E-state index in [0.29, 0.717) is 0 Å². The van der Waals surface area contributed by atoms with Crippen LogP contribution in [-0.4, -0.2) is 6.03 Å². The fourth-order valence-corrected chi connectivity index (χ4v) is 6.69. The third-order valence-electron chi connectivity index (χ3n) is 4.48. The van der Waals surface area contributed by atoms with Crippen molar-refractivity contribution in [3.8, 4) is 0 Å². The smallest absolute Gasteiger partial charge is 0.309 e. The lowest BCUT2D eigenvalue weighted by Gasteiger charge is -2.24. The van der Waals surface area contributed by atoms with Crippen LogP contribution in [-0.2, 0) is 0 Å². The van der Waals surface area contributed by atoms with Crippen LogP contribution in [0.3, 0.4) is 0 Å². The van der Waals surface area contributed by atoms with Gasteiger partial charge in [0, 0.05) is 21.2 Å². The Labute approximate surface area is 179 Å². The standard InChI is InChI=1S/C25H22N2OP2/c28-25(26-29(21-13-5-1-6-14-21)22-15-7-2-8-16-22)27-30(23-17-9-3-10-18-23)24-19-11-4-12-20-24/h1-20H,(H2,26,27,28). The van der Waals surface area contributed by atoms with E-state index in [2.05, 4.69) is 58.7 Å². The highest BCUT2D eigenvalue weighted by molar-refractivity contribution is 7.73. The van der Waals surface area contributed by atoms with E-state index in [9.17, 15) is 4.79 Å². The minimum absolute atomic E-state index is 0.160. The van der Waals surface area contributed by atoms with Crippen LogP contribution in [0.2, 0.25) is 0 Å². The Balaban J connectivity index is 1.60. The number of hydrogen-bond acceptors (Lipinski definition) is 1. The van der Waals surface area contributed by atoms with Crippen molar-refractivity contribution in [2.24, 2.45) is 0 Å². The molecule has 4 aromatic carbocycles. The zero-order chi connectivity index (χ0) is 20.6. The molecule has 0 fully saturated rings. The first-order valence-electron chi connectivity index (χ1n) is 9.69. The number of carbonyl (C=O) groups is 1. The maximum atomic E-state index is 13.2. The van der Waals surface area contributed by atoms with Crippen molar-refractivity contribution in [2.45, 2.75) is 0 Å². The number of rotatable bonds is 6. The van der Waals surface area contributed by atoms with Crippen LogP contribution in [0.1, 0.15) is 0 Å². The van der Waals surface area contributed by atoms with E-state index in [0.717, 1.165) is 21.2 Å². The minimum Gasteiger partial charge on any atom is -0.309 e. The SMILES string of the molecule is O=C(NP(c1ccccc1)c1ccccc1)NP(c1ccccc1)c1ccccc1. The number of hydrogen-bond donors (Lipinski definition) is 2. The second kappa shape index (κ2) is 10.2. The molecule has 0 atom stereocenters. The van der Waals surface area contributed by atoms with E-state index in [-0.39, 0.29) is 6.03 Å². The summed E-state index contributed by atoms with van der Waals surface area (Å²) in [5, 5.41) is 10.9. The molecule has 4 rings (SSSR count). The van der Waals surface area contributed by atoms with E-state index in [1.807, 2.05) is 72.8 Å². The molecule has 0 saturated carbocycles. The molecule has 5 heteroatoms. The van der Waals surface area contributed by atoms with Gasteiger partial charge < -0.3 is 10.2 Å². The first kappa shape index (κ1) is 20.3. The second-order valence-corrected chi connectivity index (χ2v) is 10.4. The van der Waals surface area contributed by atoms with Crippen molar-refractivity contribution in [1.29, 1.82) is 0 Å². The van der Waals surface area contributed by atoms with Crippen molar-refractivity contribution in [3.05, 3.63) is 121 Å². The van der Waals surface area contributed by atoms with Crippen molar-refractivity contribution in [1.82, 2.24) is 10.2 Å². The summed E-state index contributed by atoms with van der Waals surface area (Å²) < 4.78 is 0. The van der Waals surface area contributed by atoms with E-state index >= 15 is 0 Å². The van der Waals surface area contributed by atoms with Gasteiger partial charge in [-0.05, 0) is 0 Å². The predicted octanol–water partition coefficient (Wildman–Crippen LogP) is 4.38. The number of amides is 2. The van der Waals surface area contributed by atoms with Crippen LogP contribution in [0.5, 0.6) is 0 Å². The summed E-state index contributed by atoms with van der Waals surface area (Å²) in [6.45, 7) is 0. The van der Waals surface area contributed by atoms with Gasteiger partial charge in [0.25, 0.3) is 0 Å². The predicted molar refractivity (Wildman–Crippen MR) is 130 cm³/mol. The largest absolute Gasteiger partial charge is 0.322 e. The van der Waals surface area contributed by atoms with Crippen molar-refractivity contribution < 1.29 is 4.79 Å². The zero-order valence-corrected chi connectivity index (χ0v) is 18.1. The van der Waals surface area contributed by atoms with Crippen LogP contribution in [0.15, 0.2) is 121 Å². The number of nitrogens with one attached hydrogen (secondary N) is 2. The maximum absolute atomic E-state index is 13.2.